The number of nitrogens with zero attached hydrogens (tertiary/aromatic N) is 4. The van der Waals surface area contributed by atoms with E-state index in [0.717, 1.165) is 0 Å². The van der Waals surface area contributed by atoms with Gasteiger partial charge in [-0.2, -0.15) is 0 Å². The van der Waals surface area contributed by atoms with Gasteiger partial charge in [0.1, 0.15) is 22.8 Å². The summed E-state index contributed by atoms with van der Waals surface area (Å²) in [5, 5.41) is 12.0. The minimum Gasteiger partial charge on any atom is -0.457 e. The molecule has 2 aromatic carbocycles. The van der Waals surface area contributed by atoms with E-state index in [1.165, 1.54) is 17.9 Å². The first-order valence-electron chi connectivity index (χ1n) is 11.8. The Balaban J connectivity index is 1.96. The summed E-state index contributed by atoms with van der Waals surface area (Å²) in [7, 11) is 1.66. The maximum Gasteiger partial charge on any atom is 0.410 e. The molecule has 194 valence electrons. The molecule has 0 saturated carbocycles. The molecule has 2 amide bonds. The van der Waals surface area contributed by atoms with Gasteiger partial charge in [-0.3, -0.25) is 19.8 Å². The summed E-state index contributed by atoms with van der Waals surface area (Å²) < 4.78 is 11.6. The molecular formula is C26H34N4O6. The first kappa shape index (κ1) is 26.8. The zero-order valence-corrected chi connectivity index (χ0v) is 21.7. The summed E-state index contributed by atoms with van der Waals surface area (Å²) in [6, 6.07) is 11.8. The van der Waals surface area contributed by atoms with Gasteiger partial charge >= 0.3 is 6.09 Å². The van der Waals surface area contributed by atoms with Crippen LogP contribution in [0.15, 0.2) is 42.5 Å². The highest BCUT2D eigenvalue weighted by Crippen LogP contribution is 2.40. The van der Waals surface area contributed by atoms with Gasteiger partial charge in [-0.25, -0.2) is 4.79 Å². The topological polar surface area (TPSA) is 105 Å². The maximum absolute atomic E-state index is 13.0. The summed E-state index contributed by atoms with van der Waals surface area (Å²) in [6.45, 7) is 9.82. The lowest BCUT2D eigenvalue weighted by Gasteiger charge is -2.43. The van der Waals surface area contributed by atoms with Crippen molar-refractivity contribution < 1.29 is 24.0 Å². The van der Waals surface area contributed by atoms with E-state index in [9.17, 15) is 19.7 Å². The molecule has 1 aliphatic rings. The Hall–Kier alpha value is -3.82. The SMILES string of the molecule is CC(=O)N(C)C[C@H]1CN(c2c([N+](=O)[O-])ccc(Oc3ccccc3)c2C)CCN1C(=O)OC(C)(C)C. The lowest BCUT2D eigenvalue weighted by molar-refractivity contribution is -0.384. The highest BCUT2D eigenvalue weighted by Gasteiger charge is 2.37. The van der Waals surface area contributed by atoms with E-state index in [-0.39, 0.29) is 31.2 Å². The average Bonchev–Trinajstić information content (AvgIpc) is 2.79. The monoisotopic (exact) mass is 498 g/mol. The van der Waals surface area contributed by atoms with E-state index in [0.29, 0.717) is 29.3 Å². The number of ether oxygens (including phenoxy) is 2. The predicted octanol–water partition coefficient (Wildman–Crippen LogP) is 4.60. The largest absolute Gasteiger partial charge is 0.457 e. The highest BCUT2D eigenvalue weighted by molar-refractivity contribution is 5.75. The van der Waals surface area contributed by atoms with Crippen molar-refractivity contribution in [3.05, 3.63) is 58.1 Å². The van der Waals surface area contributed by atoms with E-state index in [4.69, 9.17) is 9.47 Å². The summed E-state index contributed by atoms with van der Waals surface area (Å²) in [5.41, 5.74) is 0.339. The molecule has 36 heavy (non-hydrogen) atoms. The Morgan fingerprint density at radius 3 is 2.39 bits per heavy atom. The molecule has 0 aliphatic carbocycles. The molecule has 1 heterocycles. The van der Waals surface area contributed by atoms with Crippen LogP contribution < -0.4 is 9.64 Å². The van der Waals surface area contributed by atoms with Crippen LogP contribution in [-0.4, -0.2) is 71.6 Å². The lowest BCUT2D eigenvalue weighted by Crippen LogP contribution is -2.59. The molecule has 0 unspecified atom stereocenters. The Kier molecular flexibility index (Phi) is 8.07. The highest BCUT2D eigenvalue weighted by atomic mass is 16.6. The van der Waals surface area contributed by atoms with Crippen molar-refractivity contribution in [2.24, 2.45) is 0 Å². The number of benzene rings is 2. The first-order chi connectivity index (χ1) is 16.9. The van der Waals surface area contributed by atoms with Crippen LogP contribution in [0.2, 0.25) is 0 Å². The van der Waals surface area contributed by atoms with Gasteiger partial charge in [0.2, 0.25) is 5.91 Å². The number of amides is 2. The van der Waals surface area contributed by atoms with Crippen LogP contribution in [-0.2, 0) is 9.53 Å². The molecule has 10 nitrogen and oxygen atoms in total. The van der Waals surface area contributed by atoms with E-state index in [2.05, 4.69) is 0 Å². The van der Waals surface area contributed by atoms with Gasteiger partial charge in [0.25, 0.3) is 5.69 Å². The zero-order chi connectivity index (χ0) is 26.6. The number of carbonyl (C=O) groups excluding carboxylic acids is 2. The molecule has 0 bridgehead atoms. The van der Waals surface area contributed by atoms with Crippen molar-refractivity contribution in [3.8, 4) is 11.5 Å². The number of likely N-dealkylation sites (N-methyl/N-ethyl adjacent to an activating group) is 1. The number of carbonyl (C=O) groups is 2. The number of nitro benzene ring substituents is 1. The second kappa shape index (κ2) is 10.8. The van der Waals surface area contributed by atoms with Gasteiger partial charge in [-0.1, -0.05) is 18.2 Å². The molecule has 1 fully saturated rings. The lowest BCUT2D eigenvalue weighted by atomic mass is 10.1. The summed E-state index contributed by atoms with van der Waals surface area (Å²) in [6.07, 6.45) is -0.475. The molecule has 1 saturated heterocycles. The van der Waals surface area contributed by atoms with Crippen molar-refractivity contribution in [3.63, 3.8) is 0 Å². The summed E-state index contributed by atoms with van der Waals surface area (Å²) >= 11 is 0. The van der Waals surface area contributed by atoms with Crippen LogP contribution in [0.5, 0.6) is 11.5 Å². The second-order valence-electron chi connectivity index (χ2n) is 9.90. The summed E-state index contributed by atoms with van der Waals surface area (Å²) in [5.74, 6) is 0.988. The van der Waals surface area contributed by atoms with Gasteiger partial charge in [0.15, 0.2) is 0 Å². The Bertz CT molecular complexity index is 1120. The molecule has 10 heteroatoms. The Morgan fingerprint density at radius 1 is 1.14 bits per heavy atom. The third kappa shape index (κ3) is 6.44. The van der Waals surface area contributed by atoms with Crippen LogP contribution >= 0.6 is 0 Å². The first-order valence-corrected chi connectivity index (χ1v) is 11.8. The third-order valence-electron chi connectivity index (χ3n) is 5.98. The fourth-order valence-corrected chi connectivity index (χ4v) is 4.16. The fraction of sp³-hybridized carbons (Fsp3) is 0.462. The molecule has 0 radical (unpaired) electrons. The van der Waals surface area contributed by atoms with Crippen LogP contribution in [0.3, 0.4) is 0 Å². The molecule has 1 aliphatic heterocycles. The Morgan fingerprint density at radius 2 is 1.81 bits per heavy atom. The maximum atomic E-state index is 13.0. The zero-order valence-electron chi connectivity index (χ0n) is 21.7. The van der Waals surface area contributed by atoms with E-state index < -0.39 is 22.7 Å². The Labute approximate surface area is 211 Å². The van der Waals surface area contributed by atoms with Gasteiger partial charge in [-0.15, -0.1) is 0 Å². The van der Waals surface area contributed by atoms with Crippen molar-refractivity contribution in [2.75, 3.05) is 38.1 Å². The van der Waals surface area contributed by atoms with Crippen molar-refractivity contribution in [1.29, 1.82) is 0 Å². The molecular weight excluding hydrogens is 464 g/mol. The predicted molar refractivity (Wildman–Crippen MR) is 137 cm³/mol. The van der Waals surface area contributed by atoms with Crippen LogP contribution in [0.4, 0.5) is 16.2 Å². The van der Waals surface area contributed by atoms with Crippen LogP contribution in [0.25, 0.3) is 0 Å². The number of para-hydroxylation sites is 1. The number of rotatable bonds is 6. The fourth-order valence-electron chi connectivity index (χ4n) is 4.16. The normalized spacial score (nSPS) is 15.9. The van der Waals surface area contributed by atoms with Gasteiger partial charge < -0.3 is 19.3 Å². The van der Waals surface area contributed by atoms with Gasteiger partial charge in [0.05, 0.1) is 11.0 Å². The van der Waals surface area contributed by atoms with Crippen LogP contribution in [0, 0.1) is 17.0 Å². The smallest absolute Gasteiger partial charge is 0.410 e. The molecule has 0 spiro atoms. The number of hydrogen-bond acceptors (Lipinski definition) is 7. The number of piperazine rings is 1. The van der Waals surface area contributed by atoms with E-state index in [1.54, 1.807) is 45.7 Å². The molecule has 0 N–H and O–H groups in total. The molecule has 2 aromatic rings. The average molecular weight is 499 g/mol. The van der Waals surface area contributed by atoms with E-state index >= 15 is 0 Å². The molecule has 1 atom stereocenters. The quantitative estimate of drug-likeness (QED) is 0.423. The van der Waals surface area contributed by atoms with Crippen LogP contribution in [0.1, 0.15) is 33.3 Å². The minimum atomic E-state index is -0.677. The number of anilines is 1. The van der Waals surface area contributed by atoms with Crippen molar-refractivity contribution >= 4 is 23.4 Å². The minimum absolute atomic E-state index is 0.0442. The molecule has 0 aromatic heterocycles. The summed E-state index contributed by atoms with van der Waals surface area (Å²) in [4.78, 5) is 41.5. The molecule has 3 rings (SSSR count). The van der Waals surface area contributed by atoms with Crippen molar-refractivity contribution in [2.45, 2.75) is 46.3 Å². The van der Waals surface area contributed by atoms with Crippen molar-refractivity contribution in [1.82, 2.24) is 9.80 Å². The number of hydrogen-bond donors (Lipinski definition) is 0. The second-order valence-corrected chi connectivity index (χ2v) is 9.90. The number of nitro groups is 1. The van der Waals surface area contributed by atoms with Gasteiger partial charge in [0, 0.05) is 51.8 Å². The third-order valence-corrected chi connectivity index (χ3v) is 5.98. The van der Waals surface area contributed by atoms with Gasteiger partial charge in [-0.05, 0) is 45.9 Å². The standard InChI is InChI=1S/C26H34N4O6/c1-18-23(35-21-10-8-7-9-11-21)13-12-22(30(33)34)24(18)28-14-15-29(25(32)36-26(3,4)5)20(17-28)16-27(6)19(2)31/h7-13,20H,14-17H2,1-6H3/t20-/m0/s1. The van der Waals surface area contributed by atoms with E-state index in [1.807, 2.05) is 35.2 Å².